The number of nitrogens with one attached hydrogen (secondary N) is 2. The van der Waals surface area contributed by atoms with Crippen LogP contribution in [-0.2, 0) is 6.42 Å². The van der Waals surface area contributed by atoms with E-state index in [0.29, 0.717) is 17.5 Å². The molecule has 0 saturated carbocycles. The molecule has 2 aromatic rings. The minimum Gasteiger partial charge on any atom is -0.342 e. The molecule has 16 heavy (non-hydrogen) atoms. The number of hydrazine groups is 1. The first-order chi connectivity index (χ1) is 7.76. The van der Waals surface area contributed by atoms with Gasteiger partial charge in [0.2, 0.25) is 0 Å². The summed E-state index contributed by atoms with van der Waals surface area (Å²) in [5.41, 5.74) is 4.54. The van der Waals surface area contributed by atoms with Crippen LogP contribution in [0.3, 0.4) is 0 Å². The molecule has 0 radical (unpaired) electrons. The van der Waals surface area contributed by atoms with Gasteiger partial charge in [-0.3, -0.25) is 0 Å². The van der Waals surface area contributed by atoms with Gasteiger partial charge in [0, 0.05) is 23.7 Å². The normalized spacial score (nSPS) is 10.4. The lowest BCUT2D eigenvalue weighted by atomic mass is 10.1. The molecule has 6 heteroatoms. The van der Waals surface area contributed by atoms with E-state index in [1.807, 2.05) is 13.8 Å². The van der Waals surface area contributed by atoms with Crippen molar-refractivity contribution in [2.24, 2.45) is 5.84 Å². The molecule has 0 amide bonds. The molecule has 2 aromatic heterocycles. The summed E-state index contributed by atoms with van der Waals surface area (Å²) in [6.45, 7) is 3.98. The van der Waals surface area contributed by atoms with Gasteiger partial charge in [-0.25, -0.2) is 20.8 Å². The fraction of sp³-hybridized carbons (Fsp3) is 0.300. The average Bonchev–Trinajstić information content (AvgIpc) is 2.81. The summed E-state index contributed by atoms with van der Waals surface area (Å²) in [5, 5.41) is 0. The second-order valence-electron chi connectivity index (χ2n) is 3.40. The first-order valence-corrected chi connectivity index (χ1v) is 5.10. The molecule has 0 aliphatic rings. The van der Waals surface area contributed by atoms with E-state index in [1.54, 1.807) is 12.4 Å². The van der Waals surface area contributed by atoms with Gasteiger partial charge >= 0.3 is 0 Å². The average molecular weight is 218 g/mol. The lowest BCUT2D eigenvalue weighted by Crippen LogP contribution is -2.13. The first-order valence-electron chi connectivity index (χ1n) is 5.10. The van der Waals surface area contributed by atoms with Crippen LogP contribution >= 0.6 is 0 Å². The van der Waals surface area contributed by atoms with E-state index in [0.717, 1.165) is 17.7 Å². The van der Waals surface area contributed by atoms with Gasteiger partial charge in [-0.05, 0) is 13.3 Å². The van der Waals surface area contributed by atoms with Crippen LogP contribution in [-0.4, -0.2) is 19.9 Å². The predicted molar refractivity (Wildman–Crippen MR) is 61.5 cm³/mol. The van der Waals surface area contributed by atoms with Crippen LogP contribution < -0.4 is 11.3 Å². The Morgan fingerprint density at radius 3 is 2.81 bits per heavy atom. The third-order valence-corrected chi connectivity index (χ3v) is 2.41. The summed E-state index contributed by atoms with van der Waals surface area (Å²) in [6, 6.07) is 0. The number of anilines is 1. The van der Waals surface area contributed by atoms with Gasteiger partial charge in [0.25, 0.3) is 0 Å². The molecular formula is C10H14N6. The zero-order valence-electron chi connectivity index (χ0n) is 9.28. The van der Waals surface area contributed by atoms with Crippen molar-refractivity contribution in [1.29, 1.82) is 0 Å². The molecular weight excluding hydrogens is 204 g/mol. The van der Waals surface area contributed by atoms with Gasteiger partial charge in [0.1, 0.15) is 5.82 Å². The standard InChI is InChI=1S/C10H14N6/c1-3-7-6(2)14-10(15-8(7)16-11)9-12-4-5-13-9/h4-5H,3,11H2,1-2H3,(H,12,13)(H,14,15,16). The van der Waals surface area contributed by atoms with E-state index in [9.17, 15) is 0 Å². The van der Waals surface area contributed by atoms with E-state index >= 15 is 0 Å². The largest absolute Gasteiger partial charge is 0.342 e. The number of hydrogen-bond acceptors (Lipinski definition) is 5. The fourth-order valence-corrected chi connectivity index (χ4v) is 1.63. The molecule has 0 spiro atoms. The van der Waals surface area contributed by atoms with Crippen molar-refractivity contribution in [3.63, 3.8) is 0 Å². The van der Waals surface area contributed by atoms with Crippen LogP contribution in [0.15, 0.2) is 12.4 Å². The lowest BCUT2D eigenvalue weighted by Gasteiger charge is -2.09. The van der Waals surface area contributed by atoms with Gasteiger partial charge in [-0.1, -0.05) is 6.92 Å². The van der Waals surface area contributed by atoms with Crippen LogP contribution in [0.5, 0.6) is 0 Å². The lowest BCUT2D eigenvalue weighted by molar-refractivity contribution is 0.984. The zero-order chi connectivity index (χ0) is 11.5. The molecule has 2 heterocycles. The highest BCUT2D eigenvalue weighted by atomic mass is 15.3. The van der Waals surface area contributed by atoms with Crippen LogP contribution in [0.25, 0.3) is 11.6 Å². The molecule has 0 bridgehead atoms. The Morgan fingerprint density at radius 2 is 2.25 bits per heavy atom. The predicted octanol–water partition coefficient (Wildman–Crippen LogP) is 1.02. The summed E-state index contributed by atoms with van der Waals surface area (Å²) in [4.78, 5) is 15.8. The summed E-state index contributed by atoms with van der Waals surface area (Å²) in [5.74, 6) is 7.29. The van der Waals surface area contributed by atoms with Crippen molar-refractivity contribution in [2.75, 3.05) is 5.43 Å². The maximum absolute atomic E-state index is 5.45. The number of nitrogens with two attached hydrogens (primary N) is 1. The fourth-order valence-electron chi connectivity index (χ4n) is 1.63. The van der Waals surface area contributed by atoms with Crippen molar-refractivity contribution in [2.45, 2.75) is 20.3 Å². The molecule has 0 unspecified atom stereocenters. The minimum atomic E-state index is 0.549. The quantitative estimate of drug-likeness (QED) is 0.528. The number of nitrogen functional groups attached to an aromatic ring is 1. The van der Waals surface area contributed by atoms with Crippen LogP contribution in [0, 0.1) is 6.92 Å². The molecule has 0 aliphatic carbocycles. The maximum Gasteiger partial charge on any atom is 0.197 e. The van der Waals surface area contributed by atoms with Crippen molar-refractivity contribution in [3.8, 4) is 11.6 Å². The van der Waals surface area contributed by atoms with Crippen LogP contribution in [0.2, 0.25) is 0 Å². The molecule has 0 saturated heterocycles. The Bertz CT molecular complexity index is 476. The van der Waals surface area contributed by atoms with Crippen molar-refractivity contribution < 1.29 is 0 Å². The number of aryl methyl sites for hydroxylation is 1. The minimum absolute atomic E-state index is 0.549. The maximum atomic E-state index is 5.45. The molecule has 0 aromatic carbocycles. The Labute approximate surface area is 93.3 Å². The van der Waals surface area contributed by atoms with Crippen molar-refractivity contribution in [3.05, 3.63) is 23.7 Å². The molecule has 84 valence electrons. The monoisotopic (exact) mass is 218 g/mol. The van der Waals surface area contributed by atoms with E-state index in [4.69, 9.17) is 5.84 Å². The Kier molecular flexibility index (Phi) is 2.82. The number of rotatable bonds is 3. The summed E-state index contributed by atoms with van der Waals surface area (Å²) in [6.07, 6.45) is 4.23. The number of aromatic nitrogens is 4. The molecule has 2 rings (SSSR count). The van der Waals surface area contributed by atoms with Gasteiger partial charge in [0.05, 0.1) is 0 Å². The third kappa shape index (κ3) is 1.74. The second-order valence-corrected chi connectivity index (χ2v) is 3.40. The molecule has 0 aliphatic heterocycles. The molecule has 0 fully saturated rings. The highest BCUT2D eigenvalue weighted by Crippen LogP contribution is 2.19. The SMILES string of the molecule is CCc1c(C)nc(-c2ncc[nH]2)nc1NN. The van der Waals surface area contributed by atoms with Crippen LogP contribution in [0.4, 0.5) is 5.82 Å². The van der Waals surface area contributed by atoms with Crippen molar-refractivity contribution >= 4 is 5.82 Å². The number of aromatic amines is 1. The number of H-pyrrole nitrogens is 1. The Hall–Kier alpha value is -1.95. The van der Waals surface area contributed by atoms with E-state index in [1.165, 1.54) is 0 Å². The summed E-state index contributed by atoms with van der Waals surface area (Å²) >= 11 is 0. The number of hydrogen-bond donors (Lipinski definition) is 3. The summed E-state index contributed by atoms with van der Waals surface area (Å²) in [7, 11) is 0. The van der Waals surface area contributed by atoms with Gasteiger partial charge in [-0.2, -0.15) is 0 Å². The highest BCUT2D eigenvalue weighted by molar-refractivity contribution is 5.53. The first kappa shape index (κ1) is 10.6. The van der Waals surface area contributed by atoms with E-state index < -0.39 is 0 Å². The van der Waals surface area contributed by atoms with E-state index in [-0.39, 0.29) is 0 Å². The highest BCUT2D eigenvalue weighted by Gasteiger charge is 2.11. The number of imidazole rings is 1. The Morgan fingerprint density at radius 1 is 1.44 bits per heavy atom. The summed E-state index contributed by atoms with van der Waals surface area (Å²) < 4.78 is 0. The number of nitrogens with zero attached hydrogens (tertiary/aromatic N) is 3. The second kappa shape index (κ2) is 4.28. The van der Waals surface area contributed by atoms with Gasteiger partial charge < -0.3 is 10.4 Å². The molecule has 0 atom stereocenters. The Balaban J connectivity index is 2.54. The smallest absolute Gasteiger partial charge is 0.197 e. The van der Waals surface area contributed by atoms with Crippen molar-refractivity contribution in [1.82, 2.24) is 19.9 Å². The van der Waals surface area contributed by atoms with E-state index in [2.05, 4.69) is 25.4 Å². The van der Waals surface area contributed by atoms with Gasteiger partial charge in [0.15, 0.2) is 11.6 Å². The third-order valence-electron chi connectivity index (χ3n) is 2.41. The van der Waals surface area contributed by atoms with Gasteiger partial charge in [-0.15, -0.1) is 0 Å². The zero-order valence-corrected chi connectivity index (χ0v) is 9.28. The van der Waals surface area contributed by atoms with Crippen LogP contribution in [0.1, 0.15) is 18.2 Å². The topological polar surface area (TPSA) is 92.5 Å². The molecule has 4 N–H and O–H groups in total. The molecule has 6 nitrogen and oxygen atoms in total.